The summed E-state index contributed by atoms with van der Waals surface area (Å²) in [5.74, 6) is -1.21. The minimum atomic E-state index is -0.553. The number of ether oxygens (including phenoxy) is 1. The van der Waals surface area contributed by atoms with E-state index in [-0.39, 0.29) is 11.5 Å². The minimum absolute atomic E-state index is 0.250. The molecule has 0 unspecified atom stereocenters. The molecule has 1 heterocycles. The highest BCUT2D eigenvalue weighted by Crippen LogP contribution is 2.20. The molecule has 5 nitrogen and oxygen atoms in total. The van der Waals surface area contributed by atoms with Crippen LogP contribution < -0.4 is 0 Å². The Bertz CT molecular complexity index is 1090. The van der Waals surface area contributed by atoms with Crippen LogP contribution in [-0.4, -0.2) is 23.4 Å². The van der Waals surface area contributed by atoms with Gasteiger partial charge in [0.25, 0.3) is 0 Å². The van der Waals surface area contributed by atoms with Gasteiger partial charge in [-0.2, -0.15) is 5.26 Å². The Kier molecular flexibility index (Phi) is 5.47. The Labute approximate surface area is 160 Å². The Morgan fingerprint density at radius 1 is 1.04 bits per heavy atom. The SMILES string of the molecule is COC(=O)c1ccc(/C=C/C(=O)c2ccc(C#N)cc2)n1-c1ccc(F)cc1. The molecule has 138 valence electrons. The van der Waals surface area contributed by atoms with Crippen molar-refractivity contribution < 1.29 is 18.7 Å². The maximum Gasteiger partial charge on any atom is 0.355 e. The standard InChI is InChI=1S/C22H15FN2O3/c1-28-22(27)20-12-10-19(25(20)18-8-6-17(23)7-9-18)11-13-21(26)16-4-2-15(14-24)3-5-16/h2-13H,1H3/b13-11+. The fourth-order valence-corrected chi connectivity index (χ4v) is 2.69. The number of carbonyl (C=O) groups excluding carboxylic acids is 2. The predicted molar refractivity (Wildman–Crippen MR) is 102 cm³/mol. The van der Waals surface area contributed by atoms with E-state index >= 15 is 0 Å². The molecule has 0 amide bonds. The van der Waals surface area contributed by atoms with Crippen molar-refractivity contribution in [3.63, 3.8) is 0 Å². The van der Waals surface area contributed by atoms with Crippen LogP contribution in [-0.2, 0) is 4.74 Å². The normalized spacial score (nSPS) is 10.6. The summed E-state index contributed by atoms with van der Waals surface area (Å²) in [6.07, 6.45) is 2.94. The number of nitriles is 1. The first-order valence-corrected chi connectivity index (χ1v) is 8.32. The lowest BCUT2D eigenvalue weighted by Gasteiger charge is -2.10. The third-order valence-electron chi connectivity index (χ3n) is 4.09. The molecule has 0 bridgehead atoms. The number of benzene rings is 2. The van der Waals surface area contributed by atoms with Gasteiger partial charge in [-0.05, 0) is 72.8 Å². The van der Waals surface area contributed by atoms with Gasteiger partial charge in [-0.3, -0.25) is 4.79 Å². The largest absolute Gasteiger partial charge is 0.464 e. The number of hydrogen-bond donors (Lipinski definition) is 0. The van der Waals surface area contributed by atoms with Gasteiger partial charge in [-0.25, -0.2) is 9.18 Å². The maximum absolute atomic E-state index is 13.3. The lowest BCUT2D eigenvalue weighted by Crippen LogP contribution is -2.10. The highest BCUT2D eigenvalue weighted by Gasteiger charge is 2.16. The molecule has 3 rings (SSSR count). The molecule has 3 aromatic rings. The first kappa shape index (κ1) is 18.8. The number of hydrogen-bond acceptors (Lipinski definition) is 4. The number of methoxy groups -OCH3 is 1. The second kappa shape index (κ2) is 8.14. The molecule has 0 saturated heterocycles. The smallest absolute Gasteiger partial charge is 0.355 e. The van der Waals surface area contributed by atoms with Crippen molar-refractivity contribution in [3.05, 3.63) is 95.1 Å². The highest BCUT2D eigenvalue weighted by molar-refractivity contribution is 6.06. The zero-order chi connectivity index (χ0) is 20.1. The van der Waals surface area contributed by atoms with Crippen molar-refractivity contribution in [1.29, 1.82) is 5.26 Å². The molecular formula is C22H15FN2O3. The minimum Gasteiger partial charge on any atom is -0.464 e. The predicted octanol–water partition coefficient (Wildman–Crippen LogP) is 4.17. The van der Waals surface area contributed by atoms with Crippen LogP contribution in [0.3, 0.4) is 0 Å². The van der Waals surface area contributed by atoms with Gasteiger partial charge >= 0.3 is 5.97 Å². The Hall–Kier alpha value is -3.98. The summed E-state index contributed by atoms with van der Waals surface area (Å²) >= 11 is 0. The number of allylic oxidation sites excluding steroid dienone is 1. The fourth-order valence-electron chi connectivity index (χ4n) is 2.69. The number of esters is 1. The molecule has 0 N–H and O–H groups in total. The van der Waals surface area contributed by atoms with Crippen LogP contribution in [0, 0.1) is 17.1 Å². The third kappa shape index (κ3) is 3.89. The fraction of sp³-hybridized carbons (Fsp3) is 0.0455. The van der Waals surface area contributed by atoms with Crippen molar-refractivity contribution in [2.75, 3.05) is 7.11 Å². The average Bonchev–Trinajstić information content (AvgIpc) is 3.16. The number of ketones is 1. The first-order valence-electron chi connectivity index (χ1n) is 8.32. The molecule has 6 heteroatoms. The van der Waals surface area contributed by atoms with Gasteiger partial charge in [-0.15, -0.1) is 0 Å². The summed E-state index contributed by atoms with van der Waals surface area (Å²) in [7, 11) is 1.27. The van der Waals surface area contributed by atoms with Crippen molar-refractivity contribution in [1.82, 2.24) is 4.57 Å². The van der Waals surface area contributed by atoms with Gasteiger partial charge in [-0.1, -0.05) is 0 Å². The van der Waals surface area contributed by atoms with E-state index in [0.717, 1.165) is 0 Å². The lowest BCUT2D eigenvalue weighted by atomic mass is 10.1. The van der Waals surface area contributed by atoms with Crippen LogP contribution in [0.5, 0.6) is 0 Å². The van der Waals surface area contributed by atoms with Gasteiger partial charge in [0.05, 0.1) is 18.7 Å². The van der Waals surface area contributed by atoms with Gasteiger partial charge in [0.15, 0.2) is 5.78 Å². The van der Waals surface area contributed by atoms with Crippen LogP contribution in [0.15, 0.2) is 66.7 Å². The number of nitrogens with zero attached hydrogens (tertiary/aromatic N) is 2. The Balaban J connectivity index is 1.97. The molecule has 0 spiro atoms. The second-order valence-corrected chi connectivity index (χ2v) is 5.83. The molecular weight excluding hydrogens is 359 g/mol. The number of halogens is 1. The Morgan fingerprint density at radius 3 is 2.32 bits per heavy atom. The van der Waals surface area contributed by atoms with Crippen LogP contribution in [0.2, 0.25) is 0 Å². The molecule has 0 atom stereocenters. The van der Waals surface area contributed by atoms with Crippen molar-refractivity contribution >= 4 is 17.8 Å². The summed E-state index contributed by atoms with van der Waals surface area (Å²) in [5.41, 5.74) is 2.25. The van der Waals surface area contributed by atoms with E-state index in [2.05, 4.69) is 0 Å². The van der Waals surface area contributed by atoms with Gasteiger partial charge in [0, 0.05) is 16.9 Å². The molecule has 0 aliphatic rings. The second-order valence-electron chi connectivity index (χ2n) is 5.83. The van der Waals surface area contributed by atoms with Crippen molar-refractivity contribution in [2.45, 2.75) is 0 Å². The van der Waals surface area contributed by atoms with E-state index in [1.165, 1.54) is 37.5 Å². The topological polar surface area (TPSA) is 72.1 Å². The molecule has 0 fully saturated rings. The van der Waals surface area contributed by atoms with Crippen molar-refractivity contribution in [2.24, 2.45) is 0 Å². The van der Waals surface area contributed by atoms with E-state index < -0.39 is 11.8 Å². The van der Waals surface area contributed by atoms with Gasteiger partial charge < -0.3 is 9.30 Å². The summed E-state index contributed by atoms with van der Waals surface area (Å²) in [4.78, 5) is 24.5. The van der Waals surface area contributed by atoms with Crippen LogP contribution >= 0.6 is 0 Å². The van der Waals surface area contributed by atoms with E-state index in [9.17, 15) is 14.0 Å². The molecule has 2 aromatic carbocycles. The Morgan fingerprint density at radius 2 is 1.71 bits per heavy atom. The van der Waals surface area contributed by atoms with Crippen molar-refractivity contribution in [3.8, 4) is 11.8 Å². The number of aromatic nitrogens is 1. The average molecular weight is 374 g/mol. The summed E-state index contributed by atoms with van der Waals surface area (Å²) in [6, 6.07) is 17.1. The monoisotopic (exact) mass is 374 g/mol. The summed E-state index contributed by atoms with van der Waals surface area (Å²) < 4.78 is 19.6. The van der Waals surface area contributed by atoms with E-state index in [1.54, 1.807) is 47.0 Å². The number of rotatable bonds is 5. The molecule has 28 heavy (non-hydrogen) atoms. The van der Waals surface area contributed by atoms with Gasteiger partial charge in [0.2, 0.25) is 0 Å². The summed E-state index contributed by atoms with van der Waals surface area (Å²) in [6.45, 7) is 0. The van der Waals surface area contributed by atoms with Crippen LogP contribution in [0.4, 0.5) is 4.39 Å². The molecule has 0 aliphatic carbocycles. The molecule has 0 radical (unpaired) electrons. The molecule has 1 aromatic heterocycles. The molecule has 0 saturated carbocycles. The maximum atomic E-state index is 13.3. The molecule has 0 aliphatic heterocycles. The van der Waals surface area contributed by atoms with Gasteiger partial charge in [0.1, 0.15) is 11.5 Å². The zero-order valence-electron chi connectivity index (χ0n) is 14.9. The third-order valence-corrected chi connectivity index (χ3v) is 4.09. The van der Waals surface area contributed by atoms with Crippen LogP contribution in [0.25, 0.3) is 11.8 Å². The van der Waals surface area contributed by atoms with E-state index in [1.807, 2.05) is 6.07 Å². The first-order chi connectivity index (χ1) is 13.5. The summed E-state index contributed by atoms with van der Waals surface area (Å²) in [5, 5.41) is 8.83. The lowest BCUT2D eigenvalue weighted by molar-refractivity contribution is 0.0591. The quantitative estimate of drug-likeness (QED) is 0.382. The van der Waals surface area contributed by atoms with E-state index in [0.29, 0.717) is 22.5 Å². The van der Waals surface area contributed by atoms with E-state index in [4.69, 9.17) is 10.00 Å². The highest BCUT2D eigenvalue weighted by atomic mass is 19.1. The van der Waals surface area contributed by atoms with Crippen LogP contribution in [0.1, 0.15) is 32.1 Å². The zero-order valence-corrected chi connectivity index (χ0v) is 14.9. The number of carbonyl (C=O) groups is 2.